The second kappa shape index (κ2) is 6.70. The fourth-order valence-electron chi connectivity index (χ4n) is 2.23. The zero-order chi connectivity index (χ0) is 14.7. The molecule has 106 valence electrons. The van der Waals surface area contributed by atoms with E-state index in [0.717, 1.165) is 21.2 Å². The SMILES string of the molecule is CNC(Cc1cc(F)ccc1C)c1cc(Br)ccc1Cl. The van der Waals surface area contributed by atoms with Gasteiger partial charge in [0.05, 0.1) is 0 Å². The Labute approximate surface area is 132 Å². The molecule has 0 aliphatic heterocycles. The summed E-state index contributed by atoms with van der Waals surface area (Å²) in [6, 6.07) is 10.7. The first-order valence-corrected chi connectivity index (χ1v) is 7.55. The summed E-state index contributed by atoms with van der Waals surface area (Å²) >= 11 is 9.73. The van der Waals surface area contributed by atoms with Gasteiger partial charge in [0.25, 0.3) is 0 Å². The Kier molecular flexibility index (Phi) is 5.19. The van der Waals surface area contributed by atoms with Gasteiger partial charge < -0.3 is 5.32 Å². The molecule has 0 saturated carbocycles. The Morgan fingerprint density at radius 3 is 2.70 bits per heavy atom. The molecule has 1 nitrogen and oxygen atoms in total. The van der Waals surface area contributed by atoms with Gasteiger partial charge in [-0.25, -0.2) is 4.39 Å². The van der Waals surface area contributed by atoms with Crippen molar-refractivity contribution >= 4 is 27.5 Å². The molecule has 0 bridgehead atoms. The van der Waals surface area contributed by atoms with E-state index in [2.05, 4.69) is 21.2 Å². The van der Waals surface area contributed by atoms with Crippen LogP contribution in [0.1, 0.15) is 22.7 Å². The lowest BCUT2D eigenvalue weighted by Crippen LogP contribution is -2.19. The number of halogens is 3. The first-order chi connectivity index (χ1) is 9.51. The number of hydrogen-bond acceptors (Lipinski definition) is 1. The first kappa shape index (κ1) is 15.5. The van der Waals surface area contributed by atoms with Crippen LogP contribution in [0.25, 0.3) is 0 Å². The summed E-state index contributed by atoms with van der Waals surface area (Å²) in [5, 5.41) is 3.96. The molecule has 2 rings (SSSR count). The van der Waals surface area contributed by atoms with Crippen LogP contribution in [0, 0.1) is 12.7 Å². The fraction of sp³-hybridized carbons (Fsp3) is 0.250. The third kappa shape index (κ3) is 3.60. The van der Waals surface area contributed by atoms with Crippen LogP contribution in [-0.2, 0) is 6.42 Å². The van der Waals surface area contributed by atoms with Gasteiger partial charge in [0.15, 0.2) is 0 Å². The number of hydrogen-bond donors (Lipinski definition) is 1. The quantitative estimate of drug-likeness (QED) is 0.808. The van der Waals surface area contributed by atoms with Crippen LogP contribution in [0.2, 0.25) is 5.02 Å². The van der Waals surface area contributed by atoms with Crippen LogP contribution in [0.5, 0.6) is 0 Å². The average Bonchev–Trinajstić information content (AvgIpc) is 2.42. The van der Waals surface area contributed by atoms with Gasteiger partial charge in [-0.05, 0) is 67.4 Å². The van der Waals surface area contributed by atoms with Gasteiger partial charge in [0.1, 0.15) is 5.82 Å². The van der Waals surface area contributed by atoms with Gasteiger partial charge in [0.2, 0.25) is 0 Å². The molecule has 0 amide bonds. The van der Waals surface area contributed by atoms with Gasteiger partial charge in [0, 0.05) is 15.5 Å². The fourth-order valence-corrected chi connectivity index (χ4v) is 2.86. The largest absolute Gasteiger partial charge is 0.313 e. The van der Waals surface area contributed by atoms with Gasteiger partial charge in [-0.3, -0.25) is 0 Å². The molecule has 4 heteroatoms. The molecule has 1 atom stereocenters. The molecule has 2 aromatic rings. The van der Waals surface area contributed by atoms with Crippen molar-refractivity contribution in [2.75, 3.05) is 7.05 Å². The molecule has 0 saturated heterocycles. The normalized spacial score (nSPS) is 12.4. The molecule has 0 radical (unpaired) electrons. The molecule has 0 heterocycles. The average molecular weight is 357 g/mol. The van der Waals surface area contributed by atoms with Crippen LogP contribution in [0.4, 0.5) is 4.39 Å². The predicted molar refractivity (Wildman–Crippen MR) is 85.8 cm³/mol. The van der Waals surface area contributed by atoms with E-state index in [9.17, 15) is 4.39 Å². The Hall–Kier alpha value is -0.900. The Morgan fingerprint density at radius 1 is 1.25 bits per heavy atom. The minimum Gasteiger partial charge on any atom is -0.313 e. The summed E-state index contributed by atoms with van der Waals surface area (Å²) in [7, 11) is 1.89. The minimum atomic E-state index is -0.208. The molecular weight excluding hydrogens is 341 g/mol. The summed E-state index contributed by atoms with van der Waals surface area (Å²) in [6.45, 7) is 1.99. The first-order valence-electron chi connectivity index (χ1n) is 6.38. The molecule has 0 aliphatic carbocycles. The topological polar surface area (TPSA) is 12.0 Å². The van der Waals surface area contributed by atoms with Gasteiger partial charge in [-0.2, -0.15) is 0 Å². The van der Waals surface area contributed by atoms with Crippen LogP contribution in [0.15, 0.2) is 40.9 Å². The lowest BCUT2D eigenvalue weighted by molar-refractivity contribution is 0.582. The highest BCUT2D eigenvalue weighted by atomic mass is 79.9. The van der Waals surface area contributed by atoms with Crippen molar-refractivity contribution in [3.63, 3.8) is 0 Å². The van der Waals surface area contributed by atoms with E-state index in [1.54, 1.807) is 12.1 Å². The molecule has 2 aromatic carbocycles. The minimum absolute atomic E-state index is 0.0421. The Bertz CT molecular complexity index is 615. The van der Waals surface area contributed by atoms with Crippen molar-refractivity contribution in [1.29, 1.82) is 0 Å². The van der Waals surface area contributed by atoms with Crippen LogP contribution < -0.4 is 5.32 Å². The van der Waals surface area contributed by atoms with E-state index >= 15 is 0 Å². The lowest BCUT2D eigenvalue weighted by Gasteiger charge is -2.19. The second-order valence-electron chi connectivity index (χ2n) is 4.78. The van der Waals surface area contributed by atoms with Crippen molar-refractivity contribution in [1.82, 2.24) is 5.32 Å². The van der Waals surface area contributed by atoms with E-state index in [1.807, 2.05) is 32.2 Å². The van der Waals surface area contributed by atoms with Crippen LogP contribution in [-0.4, -0.2) is 7.05 Å². The predicted octanol–water partition coefficient (Wildman–Crippen LogP) is 5.05. The van der Waals surface area contributed by atoms with Crippen molar-refractivity contribution in [2.45, 2.75) is 19.4 Å². The molecule has 1 N–H and O–H groups in total. The summed E-state index contributed by atoms with van der Waals surface area (Å²) in [5.41, 5.74) is 3.07. The van der Waals surface area contributed by atoms with E-state index in [4.69, 9.17) is 11.6 Å². The summed E-state index contributed by atoms with van der Waals surface area (Å²) in [4.78, 5) is 0. The maximum atomic E-state index is 13.4. The van der Waals surface area contributed by atoms with E-state index in [1.165, 1.54) is 6.07 Å². The number of likely N-dealkylation sites (N-methyl/N-ethyl adjacent to an activating group) is 1. The highest BCUT2D eigenvalue weighted by molar-refractivity contribution is 9.10. The maximum absolute atomic E-state index is 13.4. The summed E-state index contributed by atoms with van der Waals surface area (Å²) < 4.78 is 14.4. The zero-order valence-corrected chi connectivity index (χ0v) is 13.7. The Balaban J connectivity index is 2.33. The molecule has 0 spiro atoms. The highest BCUT2D eigenvalue weighted by Gasteiger charge is 2.15. The van der Waals surface area contributed by atoms with E-state index in [0.29, 0.717) is 11.4 Å². The zero-order valence-electron chi connectivity index (χ0n) is 11.4. The van der Waals surface area contributed by atoms with E-state index in [-0.39, 0.29) is 11.9 Å². The van der Waals surface area contributed by atoms with Gasteiger partial charge in [-0.15, -0.1) is 0 Å². The molecule has 0 fully saturated rings. The van der Waals surface area contributed by atoms with Crippen molar-refractivity contribution < 1.29 is 4.39 Å². The number of aryl methyl sites for hydroxylation is 1. The molecular formula is C16H16BrClFN. The van der Waals surface area contributed by atoms with Crippen LogP contribution in [0.3, 0.4) is 0 Å². The highest BCUT2D eigenvalue weighted by Crippen LogP contribution is 2.29. The van der Waals surface area contributed by atoms with Gasteiger partial charge in [-0.1, -0.05) is 33.6 Å². The van der Waals surface area contributed by atoms with E-state index < -0.39 is 0 Å². The van der Waals surface area contributed by atoms with Crippen LogP contribution >= 0.6 is 27.5 Å². The van der Waals surface area contributed by atoms with Crippen molar-refractivity contribution in [3.05, 3.63) is 68.4 Å². The van der Waals surface area contributed by atoms with Crippen molar-refractivity contribution in [3.8, 4) is 0 Å². The molecule has 0 aliphatic rings. The monoisotopic (exact) mass is 355 g/mol. The van der Waals surface area contributed by atoms with Crippen molar-refractivity contribution in [2.24, 2.45) is 0 Å². The standard InChI is InChI=1S/C16H16BrClFN/c1-10-3-5-13(19)7-11(10)8-16(20-2)14-9-12(17)4-6-15(14)18/h3-7,9,16,20H,8H2,1-2H3. The molecule has 20 heavy (non-hydrogen) atoms. The summed E-state index contributed by atoms with van der Waals surface area (Å²) in [6.07, 6.45) is 0.691. The summed E-state index contributed by atoms with van der Waals surface area (Å²) in [5.74, 6) is -0.208. The van der Waals surface area contributed by atoms with Gasteiger partial charge >= 0.3 is 0 Å². The molecule has 1 unspecified atom stereocenters. The molecule has 0 aromatic heterocycles. The smallest absolute Gasteiger partial charge is 0.123 e. The number of benzene rings is 2. The third-order valence-corrected chi connectivity index (χ3v) is 4.25. The Morgan fingerprint density at radius 2 is 2.00 bits per heavy atom. The lowest BCUT2D eigenvalue weighted by atomic mass is 9.96. The third-order valence-electron chi connectivity index (χ3n) is 3.42. The number of nitrogens with one attached hydrogen (secondary N) is 1. The second-order valence-corrected chi connectivity index (χ2v) is 6.10. The maximum Gasteiger partial charge on any atom is 0.123 e. The number of rotatable bonds is 4.